The van der Waals surface area contributed by atoms with E-state index in [-0.39, 0.29) is 17.4 Å². The second kappa shape index (κ2) is 6.40. The van der Waals surface area contributed by atoms with Gasteiger partial charge in [-0.1, -0.05) is 18.2 Å². The molecule has 26 heavy (non-hydrogen) atoms. The average Bonchev–Trinajstić information content (AvgIpc) is 3.04. The van der Waals surface area contributed by atoms with Crippen LogP contribution in [0.3, 0.4) is 0 Å². The zero-order valence-corrected chi connectivity index (χ0v) is 14.0. The Morgan fingerprint density at radius 1 is 1.12 bits per heavy atom. The van der Waals surface area contributed by atoms with Crippen LogP contribution in [-0.2, 0) is 0 Å². The number of aromatic nitrogens is 3. The Balaban J connectivity index is 1.66. The Labute approximate surface area is 149 Å². The summed E-state index contributed by atoms with van der Waals surface area (Å²) in [5.41, 5.74) is 2.26. The summed E-state index contributed by atoms with van der Waals surface area (Å²) < 4.78 is 15.0. The lowest BCUT2D eigenvalue weighted by Crippen LogP contribution is -2.13. The standard InChI is InChI=1S/C20H15FN4O/c1-13-10-19(24-25(13)16-6-3-5-15(21)11-16)20(26)23-18-7-2-4-14-12-22-9-8-17(14)18/h2-12H,1H3,(H,23,26). The van der Waals surface area contributed by atoms with Gasteiger partial charge in [-0.15, -0.1) is 0 Å². The molecule has 0 unspecified atom stereocenters. The van der Waals surface area contributed by atoms with Crippen molar-refractivity contribution in [1.29, 1.82) is 0 Å². The number of hydrogen-bond acceptors (Lipinski definition) is 3. The third kappa shape index (κ3) is 2.93. The molecule has 1 amide bonds. The number of pyridine rings is 1. The van der Waals surface area contributed by atoms with Crippen LogP contribution in [0.2, 0.25) is 0 Å². The van der Waals surface area contributed by atoms with E-state index in [4.69, 9.17) is 0 Å². The molecular formula is C20H15FN4O. The van der Waals surface area contributed by atoms with Crippen molar-refractivity contribution >= 4 is 22.4 Å². The van der Waals surface area contributed by atoms with Crippen LogP contribution in [0.5, 0.6) is 0 Å². The summed E-state index contributed by atoms with van der Waals surface area (Å²) in [6, 6.07) is 15.2. The van der Waals surface area contributed by atoms with Crippen molar-refractivity contribution in [3.05, 3.63) is 84.2 Å². The van der Waals surface area contributed by atoms with Gasteiger partial charge in [0.1, 0.15) is 5.82 Å². The third-order valence-corrected chi connectivity index (χ3v) is 4.10. The van der Waals surface area contributed by atoms with Crippen molar-refractivity contribution in [2.45, 2.75) is 6.92 Å². The average molecular weight is 346 g/mol. The van der Waals surface area contributed by atoms with Crippen molar-refractivity contribution in [2.24, 2.45) is 0 Å². The number of benzene rings is 2. The highest BCUT2D eigenvalue weighted by molar-refractivity contribution is 6.08. The summed E-state index contributed by atoms with van der Waals surface area (Å²) in [6.07, 6.45) is 3.43. The van der Waals surface area contributed by atoms with E-state index < -0.39 is 0 Å². The van der Waals surface area contributed by atoms with E-state index in [1.807, 2.05) is 31.2 Å². The number of halogens is 1. The normalized spacial score (nSPS) is 10.8. The van der Waals surface area contributed by atoms with Crippen LogP contribution in [0.4, 0.5) is 10.1 Å². The monoisotopic (exact) mass is 346 g/mol. The van der Waals surface area contributed by atoms with Crippen molar-refractivity contribution in [2.75, 3.05) is 5.32 Å². The van der Waals surface area contributed by atoms with Crippen LogP contribution >= 0.6 is 0 Å². The Morgan fingerprint density at radius 3 is 2.81 bits per heavy atom. The third-order valence-electron chi connectivity index (χ3n) is 4.10. The molecule has 0 saturated heterocycles. The van der Waals surface area contributed by atoms with E-state index in [9.17, 15) is 9.18 Å². The van der Waals surface area contributed by atoms with Gasteiger partial charge in [0.25, 0.3) is 5.91 Å². The van der Waals surface area contributed by atoms with E-state index in [0.717, 1.165) is 16.5 Å². The van der Waals surface area contributed by atoms with E-state index >= 15 is 0 Å². The number of rotatable bonds is 3. The zero-order chi connectivity index (χ0) is 18.1. The summed E-state index contributed by atoms with van der Waals surface area (Å²) in [7, 11) is 0. The first-order valence-electron chi connectivity index (χ1n) is 8.08. The molecular weight excluding hydrogens is 331 g/mol. The second-order valence-corrected chi connectivity index (χ2v) is 5.92. The topological polar surface area (TPSA) is 59.8 Å². The van der Waals surface area contributed by atoms with Gasteiger partial charge >= 0.3 is 0 Å². The van der Waals surface area contributed by atoms with Gasteiger partial charge in [0.2, 0.25) is 0 Å². The Bertz CT molecular complexity index is 1110. The fourth-order valence-corrected chi connectivity index (χ4v) is 2.87. The Hall–Kier alpha value is -3.54. The number of anilines is 1. The van der Waals surface area contributed by atoms with Crippen LogP contribution in [0.15, 0.2) is 67.0 Å². The second-order valence-electron chi connectivity index (χ2n) is 5.92. The quantitative estimate of drug-likeness (QED) is 0.607. The van der Waals surface area contributed by atoms with Crippen molar-refractivity contribution < 1.29 is 9.18 Å². The first kappa shape index (κ1) is 16.0. The van der Waals surface area contributed by atoms with Crippen LogP contribution in [-0.4, -0.2) is 20.7 Å². The largest absolute Gasteiger partial charge is 0.320 e. The number of nitrogens with one attached hydrogen (secondary N) is 1. The molecule has 0 saturated carbocycles. The highest BCUT2D eigenvalue weighted by Crippen LogP contribution is 2.23. The van der Waals surface area contributed by atoms with Crippen LogP contribution < -0.4 is 5.32 Å². The summed E-state index contributed by atoms with van der Waals surface area (Å²) in [5.74, 6) is -0.680. The number of hydrogen-bond donors (Lipinski definition) is 1. The van der Waals surface area contributed by atoms with E-state index in [1.54, 1.807) is 35.3 Å². The molecule has 0 bridgehead atoms. The van der Waals surface area contributed by atoms with Crippen LogP contribution in [0.1, 0.15) is 16.2 Å². The molecule has 4 aromatic rings. The predicted molar refractivity (Wildman–Crippen MR) is 98.0 cm³/mol. The number of aryl methyl sites for hydroxylation is 1. The summed E-state index contributed by atoms with van der Waals surface area (Å²) >= 11 is 0. The van der Waals surface area contributed by atoms with Gasteiger partial charge in [-0.3, -0.25) is 9.78 Å². The highest BCUT2D eigenvalue weighted by Gasteiger charge is 2.15. The van der Waals surface area contributed by atoms with Crippen molar-refractivity contribution in [3.63, 3.8) is 0 Å². The number of amides is 1. The molecule has 5 nitrogen and oxygen atoms in total. The SMILES string of the molecule is Cc1cc(C(=O)Nc2cccc3cnccc23)nn1-c1cccc(F)c1. The van der Waals surface area contributed by atoms with E-state index in [0.29, 0.717) is 11.4 Å². The Morgan fingerprint density at radius 2 is 1.96 bits per heavy atom. The first-order chi connectivity index (χ1) is 12.6. The van der Waals surface area contributed by atoms with Gasteiger partial charge in [0, 0.05) is 34.5 Å². The van der Waals surface area contributed by atoms with Gasteiger partial charge in [-0.2, -0.15) is 5.10 Å². The minimum atomic E-state index is -0.354. The maximum absolute atomic E-state index is 13.5. The number of carbonyl (C=O) groups is 1. The number of carbonyl (C=O) groups excluding carboxylic acids is 1. The maximum atomic E-state index is 13.5. The molecule has 128 valence electrons. The van der Waals surface area contributed by atoms with Gasteiger partial charge in [0.15, 0.2) is 5.69 Å². The zero-order valence-electron chi connectivity index (χ0n) is 14.0. The predicted octanol–water partition coefficient (Wildman–Crippen LogP) is 4.12. The molecule has 1 N–H and O–H groups in total. The fraction of sp³-hybridized carbons (Fsp3) is 0.0500. The van der Waals surface area contributed by atoms with Crippen LogP contribution in [0, 0.1) is 12.7 Å². The molecule has 2 aromatic carbocycles. The summed E-state index contributed by atoms with van der Waals surface area (Å²) in [6.45, 7) is 1.82. The molecule has 0 spiro atoms. The minimum Gasteiger partial charge on any atom is -0.320 e. The van der Waals surface area contributed by atoms with Gasteiger partial charge in [-0.25, -0.2) is 9.07 Å². The number of fused-ring (bicyclic) bond motifs is 1. The lowest BCUT2D eigenvalue weighted by Gasteiger charge is -2.07. The van der Waals surface area contributed by atoms with E-state index in [2.05, 4.69) is 15.4 Å². The van der Waals surface area contributed by atoms with Crippen molar-refractivity contribution in [3.8, 4) is 5.69 Å². The van der Waals surface area contributed by atoms with Gasteiger partial charge in [0.05, 0.1) is 5.69 Å². The van der Waals surface area contributed by atoms with Crippen LogP contribution in [0.25, 0.3) is 16.5 Å². The highest BCUT2D eigenvalue weighted by atomic mass is 19.1. The fourth-order valence-electron chi connectivity index (χ4n) is 2.87. The molecule has 0 atom stereocenters. The summed E-state index contributed by atoms with van der Waals surface area (Å²) in [4.78, 5) is 16.7. The summed E-state index contributed by atoms with van der Waals surface area (Å²) in [5, 5.41) is 9.05. The lowest BCUT2D eigenvalue weighted by atomic mass is 10.1. The van der Waals surface area contributed by atoms with E-state index in [1.165, 1.54) is 12.1 Å². The molecule has 0 aliphatic heterocycles. The molecule has 4 rings (SSSR count). The molecule has 0 aliphatic rings. The Kier molecular flexibility index (Phi) is 3.93. The molecule has 2 heterocycles. The first-order valence-corrected chi connectivity index (χ1v) is 8.08. The lowest BCUT2D eigenvalue weighted by molar-refractivity contribution is 0.102. The maximum Gasteiger partial charge on any atom is 0.276 e. The van der Waals surface area contributed by atoms with Crippen molar-refractivity contribution in [1.82, 2.24) is 14.8 Å². The molecule has 0 fully saturated rings. The molecule has 0 radical (unpaired) electrons. The van der Waals surface area contributed by atoms with Gasteiger partial charge < -0.3 is 5.32 Å². The molecule has 6 heteroatoms. The van der Waals surface area contributed by atoms with Gasteiger partial charge in [-0.05, 0) is 43.3 Å². The minimum absolute atomic E-state index is 0.262. The smallest absolute Gasteiger partial charge is 0.276 e. The number of nitrogens with zero attached hydrogens (tertiary/aromatic N) is 3. The molecule has 2 aromatic heterocycles. The molecule has 0 aliphatic carbocycles.